The topological polar surface area (TPSA) is 53.2 Å². The molecule has 0 fully saturated rings. The van der Waals surface area contributed by atoms with E-state index in [2.05, 4.69) is 22.4 Å². The number of halogens is 1. The normalized spacial score (nSPS) is 10.1. The molecule has 0 aliphatic heterocycles. The van der Waals surface area contributed by atoms with Gasteiger partial charge in [0.2, 0.25) is 5.91 Å². The van der Waals surface area contributed by atoms with Crippen molar-refractivity contribution in [1.29, 1.82) is 0 Å². The van der Waals surface area contributed by atoms with Crippen LogP contribution in [0.15, 0.2) is 29.2 Å². The molecule has 0 atom stereocenters. The van der Waals surface area contributed by atoms with Gasteiger partial charge in [0.25, 0.3) is 0 Å². The molecule has 0 heterocycles. The van der Waals surface area contributed by atoms with Crippen LogP contribution in [0.1, 0.15) is 12.8 Å². The summed E-state index contributed by atoms with van der Waals surface area (Å²) in [6.45, 7) is 0.781. The predicted octanol–water partition coefficient (Wildman–Crippen LogP) is 2.56. The molecule has 0 saturated carbocycles. The second-order valence-corrected chi connectivity index (χ2v) is 6.89. The molecule has 0 saturated heterocycles. The number of rotatable bonds is 8. The van der Waals surface area contributed by atoms with Gasteiger partial charge in [-0.2, -0.15) is 11.8 Å². The second kappa shape index (κ2) is 11.6. The van der Waals surface area contributed by atoms with Gasteiger partial charge in [-0.25, -0.2) is 4.39 Å². The van der Waals surface area contributed by atoms with Gasteiger partial charge >= 0.3 is 0 Å². The summed E-state index contributed by atoms with van der Waals surface area (Å²) in [6, 6.07) is 6.21. The molecule has 1 aromatic carbocycles. The quantitative estimate of drug-likeness (QED) is 0.286. The number of carbonyl (C=O) groups excluding carboxylic acids is 1. The number of benzene rings is 1. The average molecular weight is 362 g/mol. The maximum atomic E-state index is 12.7. The minimum atomic E-state index is -0.259. The average Bonchev–Trinajstić information content (AvgIpc) is 2.51. The van der Waals surface area contributed by atoms with E-state index in [1.165, 1.54) is 23.9 Å². The van der Waals surface area contributed by atoms with Crippen LogP contribution in [0.4, 0.5) is 4.39 Å². The van der Waals surface area contributed by atoms with Crippen molar-refractivity contribution in [2.24, 2.45) is 0 Å². The van der Waals surface area contributed by atoms with Gasteiger partial charge in [-0.15, -0.1) is 11.8 Å². The fraction of sp³-hybridized carbons (Fsp3) is 0.429. The highest BCUT2D eigenvalue weighted by Gasteiger charge is 2.03. The van der Waals surface area contributed by atoms with E-state index in [0.717, 1.165) is 23.6 Å². The van der Waals surface area contributed by atoms with Crippen LogP contribution >= 0.6 is 35.7 Å². The van der Waals surface area contributed by atoms with Crippen molar-refractivity contribution in [1.82, 2.24) is 16.2 Å². The molecule has 0 aliphatic rings. The Kier molecular flexibility index (Phi) is 10.0. The molecule has 22 heavy (non-hydrogen) atoms. The minimum absolute atomic E-state index is 0.136. The Bertz CT molecular complexity index is 471. The number of thioether (sulfide) groups is 2. The summed E-state index contributed by atoms with van der Waals surface area (Å²) in [5.41, 5.74) is 5.22. The Labute approximate surface area is 144 Å². The Hall–Kier alpha value is -0.990. The summed E-state index contributed by atoms with van der Waals surface area (Å²) in [6.07, 6.45) is 3.43. The van der Waals surface area contributed by atoms with Crippen molar-refractivity contribution in [2.45, 2.75) is 17.7 Å². The Morgan fingerprint density at radius 2 is 1.95 bits per heavy atom. The lowest BCUT2D eigenvalue weighted by atomic mass is 10.4. The largest absolute Gasteiger partial charge is 0.361 e. The lowest BCUT2D eigenvalue weighted by molar-refractivity contribution is -0.121. The van der Waals surface area contributed by atoms with Crippen LogP contribution in [-0.4, -0.2) is 35.3 Å². The van der Waals surface area contributed by atoms with Gasteiger partial charge in [-0.3, -0.25) is 15.6 Å². The summed E-state index contributed by atoms with van der Waals surface area (Å²) in [5.74, 6) is 1.29. The summed E-state index contributed by atoms with van der Waals surface area (Å²) >= 11 is 8.33. The molecule has 0 aromatic heterocycles. The van der Waals surface area contributed by atoms with Crippen LogP contribution in [0.3, 0.4) is 0 Å². The minimum Gasteiger partial charge on any atom is -0.361 e. The van der Waals surface area contributed by atoms with E-state index in [1.807, 2.05) is 0 Å². The van der Waals surface area contributed by atoms with Crippen LogP contribution in [0, 0.1) is 5.82 Å². The maximum absolute atomic E-state index is 12.7. The number of amides is 1. The van der Waals surface area contributed by atoms with Crippen LogP contribution in [0.5, 0.6) is 0 Å². The predicted molar refractivity (Wildman–Crippen MR) is 96.6 cm³/mol. The Morgan fingerprint density at radius 1 is 1.23 bits per heavy atom. The molecule has 0 aliphatic carbocycles. The molecule has 0 spiro atoms. The third kappa shape index (κ3) is 9.11. The van der Waals surface area contributed by atoms with E-state index in [4.69, 9.17) is 12.2 Å². The molecule has 0 bridgehead atoms. The number of nitrogens with one attached hydrogen (secondary N) is 3. The molecule has 1 aromatic rings. The molecule has 3 N–H and O–H groups in total. The van der Waals surface area contributed by atoms with Crippen molar-refractivity contribution >= 4 is 46.8 Å². The van der Waals surface area contributed by atoms with Gasteiger partial charge in [-0.1, -0.05) is 0 Å². The number of hydrazine groups is 1. The lowest BCUT2D eigenvalue weighted by Gasteiger charge is -2.11. The monoisotopic (exact) mass is 361 g/mol. The van der Waals surface area contributed by atoms with Crippen molar-refractivity contribution in [3.63, 3.8) is 0 Å². The summed E-state index contributed by atoms with van der Waals surface area (Å²) < 4.78 is 12.7. The SMILES string of the molecule is CSCCCNC(=S)NNC(=O)CCSc1ccc(F)cc1. The zero-order valence-electron chi connectivity index (χ0n) is 12.4. The first-order valence-corrected chi connectivity index (χ1v) is 9.60. The molecule has 1 rings (SSSR count). The Morgan fingerprint density at radius 3 is 2.64 bits per heavy atom. The molecular weight excluding hydrogens is 341 g/mol. The fourth-order valence-electron chi connectivity index (χ4n) is 1.44. The van der Waals surface area contributed by atoms with E-state index in [0.29, 0.717) is 17.3 Å². The molecular formula is C14H20FN3OS3. The number of hydrogen-bond acceptors (Lipinski definition) is 4. The first-order valence-electron chi connectivity index (χ1n) is 6.82. The van der Waals surface area contributed by atoms with Gasteiger partial charge in [-0.05, 0) is 54.9 Å². The van der Waals surface area contributed by atoms with Crippen LogP contribution < -0.4 is 16.2 Å². The van der Waals surface area contributed by atoms with Gasteiger partial charge in [0, 0.05) is 23.6 Å². The van der Waals surface area contributed by atoms with Gasteiger partial charge in [0.15, 0.2) is 5.11 Å². The van der Waals surface area contributed by atoms with Crippen LogP contribution in [0.25, 0.3) is 0 Å². The summed E-state index contributed by atoms with van der Waals surface area (Å²) in [4.78, 5) is 12.6. The number of thiocarbonyl (C=S) groups is 1. The zero-order chi connectivity index (χ0) is 16.2. The molecule has 0 unspecified atom stereocenters. The van der Waals surface area contributed by atoms with Gasteiger partial charge in [0.1, 0.15) is 5.82 Å². The van der Waals surface area contributed by atoms with Crippen molar-refractivity contribution in [3.8, 4) is 0 Å². The highest BCUT2D eigenvalue weighted by atomic mass is 32.2. The van der Waals surface area contributed by atoms with E-state index in [1.54, 1.807) is 23.9 Å². The highest BCUT2D eigenvalue weighted by Crippen LogP contribution is 2.18. The summed E-state index contributed by atoms with van der Waals surface area (Å²) in [7, 11) is 0. The number of hydrogen-bond donors (Lipinski definition) is 3. The molecule has 122 valence electrons. The molecule has 1 amide bonds. The summed E-state index contributed by atoms with van der Waals surface area (Å²) in [5, 5.41) is 3.43. The maximum Gasteiger partial charge on any atom is 0.239 e. The lowest BCUT2D eigenvalue weighted by Crippen LogP contribution is -2.47. The first-order chi connectivity index (χ1) is 10.6. The van der Waals surface area contributed by atoms with Crippen LogP contribution in [-0.2, 0) is 4.79 Å². The molecule has 4 nitrogen and oxygen atoms in total. The first kappa shape index (κ1) is 19.1. The van der Waals surface area contributed by atoms with Crippen molar-refractivity contribution in [2.75, 3.05) is 24.3 Å². The van der Waals surface area contributed by atoms with Crippen LogP contribution in [0.2, 0.25) is 0 Å². The van der Waals surface area contributed by atoms with Crippen molar-refractivity contribution in [3.05, 3.63) is 30.1 Å². The van der Waals surface area contributed by atoms with Crippen molar-refractivity contribution < 1.29 is 9.18 Å². The third-order valence-corrected chi connectivity index (χ3v) is 4.49. The fourth-order valence-corrected chi connectivity index (χ4v) is 2.88. The van der Waals surface area contributed by atoms with E-state index < -0.39 is 0 Å². The highest BCUT2D eigenvalue weighted by molar-refractivity contribution is 7.99. The van der Waals surface area contributed by atoms with E-state index in [9.17, 15) is 9.18 Å². The number of carbonyl (C=O) groups is 1. The van der Waals surface area contributed by atoms with Gasteiger partial charge in [0.05, 0.1) is 0 Å². The molecule has 0 radical (unpaired) electrons. The molecule has 8 heteroatoms. The van der Waals surface area contributed by atoms with Gasteiger partial charge < -0.3 is 5.32 Å². The van der Waals surface area contributed by atoms with E-state index in [-0.39, 0.29) is 11.7 Å². The standard InChI is InChI=1S/C14H20FN3OS3/c1-21-9-2-8-16-14(20)18-17-13(19)7-10-22-12-5-3-11(15)4-6-12/h3-6H,2,7-10H2,1H3,(H,17,19)(H2,16,18,20). The third-order valence-electron chi connectivity index (χ3n) is 2.54. The zero-order valence-corrected chi connectivity index (χ0v) is 14.8. The Balaban J connectivity index is 2.08. The smallest absolute Gasteiger partial charge is 0.239 e. The second-order valence-electron chi connectivity index (χ2n) is 4.33. The van der Waals surface area contributed by atoms with E-state index >= 15 is 0 Å².